The van der Waals surface area contributed by atoms with Crippen LogP contribution < -0.4 is 15.9 Å². The standard InChI is InChI=1S/C26H24N4O3/c31-24(18-19-10-12-21(13-11-19)20-6-2-1-3-7-20)27-30-26(32)23-9-5-4-8-22(23)25(28-30)29-14-16-33-17-15-29/h1-13H,14-18H2,(H,27,31). The summed E-state index contributed by atoms with van der Waals surface area (Å²) in [6.45, 7) is 2.55. The lowest BCUT2D eigenvalue weighted by Crippen LogP contribution is -2.41. The number of hydrogen-bond donors (Lipinski definition) is 1. The lowest BCUT2D eigenvalue weighted by atomic mass is 10.0. The Hall–Kier alpha value is -3.97. The SMILES string of the molecule is O=C(Cc1ccc(-c2ccccc2)cc1)Nn1nc(N2CCOCC2)c2ccccc2c1=O. The molecular weight excluding hydrogens is 416 g/mol. The summed E-state index contributed by atoms with van der Waals surface area (Å²) in [5, 5.41) is 5.79. The number of rotatable bonds is 5. The van der Waals surface area contributed by atoms with Crippen molar-refractivity contribution in [1.82, 2.24) is 9.89 Å². The lowest BCUT2D eigenvalue weighted by Gasteiger charge is -2.29. The maximum absolute atomic E-state index is 13.0. The molecule has 0 unspecified atom stereocenters. The Bertz CT molecular complexity index is 1330. The number of benzene rings is 3. The molecule has 1 aromatic heterocycles. The minimum Gasteiger partial charge on any atom is -0.378 e. The van der Waals surface area contributed by atoms with Gasteiger partial charge in [-0.2, -0.15) is 0 Å². The van der Waals surface area contributed by atoms with Gasteiger partial charge >= 0.3 is 0 Å². The fraction of sp³-hybridized carbons (Fsp3) is 0.192. The summed E-state index contributed by atoms with van der Waals surface area (Å²) in [6.07, 6.45) is 0.142. The van der Waals surface area contributed by atoms with E-state index in [1.165, 1.54) is 0 Å². The third-order valence-electron chi connectivity index (χ3n) is 5.75. The summed E-state index contributed by atoms with van der Waals surface area (Å²) in [7, 11) is 0. The number of morpholine rings is 1. The molecule has 0 bridgehead atoms. The maximum atomic E-state index is 13.0. The van der Waals surface area contributed by atoms with E-state index < -0.39 is 0 Å². The second-order valence-electron chi connectivity index (χ2n) is 7.96. The Morgan fingerprint density at radius 1 is 0.848 bits per heavy atom. The molecule has 33 heavy (non-hydrogen) atoms. The molecule has 1 fully saturated rings. The van der Waals surface area contributed by atoms with E-state index in [0.29, 0.717) is 37.5 Å². The molecule has 0 radical (unpaired) electrons. The minimum atomic E-state index is -0.351. The molecule has 0 spiro atoms. The topological polar surface area (TPSA) is 76.5 Å². The summed E-state index contributed by atoms with van der Waals surface area (Å²) < 4.78 is 5.45. The van der Waals surface area contributed by atoms with E-state index in [4.69, 9.17) is 4.74 Å². The fourth-order valence-corrected chi connectivity index (χ4v) is 4.05. The van der Waals surface area contributed by atoms with Crippen LogP contribution in [0.15, 0.2) is 83.7 Å². The zero-order chi connectivity index (χ0) is 22.6. The molecule has 7 heteroatoms. The first-order valence-corrected chi connectivity index (χ1v) is 11.0. The van der Waals surface area contributed by atoms with Crippen molar-refractivity contribution in [3.63, 3.8) is 0 Å². The molecule has 1 amide bonds. The average molecular weight is 441 g/mol. The van der Waals surface area contributed by atoms with Gasteiger partial charge in [-0.3, -0.25) is 9.59 Å². The molecule has 3 aromatic carbocycles. The monoisotopic (exact) mass is 440 g/mol. The van der Waals surface area contributed by atoms with Crippen LogP contribution in [0.4, 0.5) is 5.82 Å². The van der Waals surface area contributed by atoms with Gasteiger partial charge in [0.1, 0.15) is 0 Å². The summed E-state index contributed by atoms with van der Waals surface area (Å²) in [5.41, 5.74) is 5.38. The molecule has 1 N–H and O–H groups in total. The molecule has 4 aromatic rings. The Morgan fingerprint density at radius 3 is 2.21 bits per heavy atom. The fourth-order valence-electron chi connectivity index (χ4n) is 4.05. The van der Waals surface area contributed by atoms with Crippen LogP contribution in [0.25, 0.3) is 21.9 Å². The van der Waals surface area contributed by atoms with Gasteiger partial charge in [-0.05, 0) is 22.8 Å². The largest absolute Gasteiger partial charge is 0.378 e. The summed E-state index contributed by atoms with van der Waals surface area (Å²) in [4.78, 5) is 28.9. The van der Waals surface area contributed by atoms with Gasteiger partial charge in [-0.25, -0.2) is 5.43 Å². The molecule has 0 saturated carbocycles. The van der Waals surface area contributed by atoms with Crippen molar-refractivity contribution in [2.45, 2.75) is 6.42 Å². The van der Waals surface area contributed by atoms with Gasteiger partial charge in [0, 0.05) is 18.5 Å². The van der Waals surface area contributed by atoms with Crippen LogP contribution in [0, 0.1) is 0 Å². The summed E-state index contributed by atoms with van der Waals surface area (Å²) in [6, 6.07) is 25.3. The number of carbonyl (C=O) groups is 1. The van der Waals surface area contributed by atoms with Gasteiger partial charge in [0.05, 0.1) is 25.0 Å². The zero-order valence-electron chi connectivity index (χ0n) is 18.1. The average Bonchev–Trinajstić information content (AvgIpc) is 2.87. The van der Waals surface area contributed by atoms with Crippen molar-refractivity contribution in [2.75, 3.05) is 36.6 Å². The molecule has 166 valence electrons. The smallest absolute Gasteiger partial charge is 0.294 e. The molecule has 1 aliphatic heterocycles. The normalized spacial score (nSPS) is 13.8. The maximum Gasteiger partial charge on any atom is 0.294 e. The van der Waals surface area contributed by atoms with Crippen molar-refractivity contribution in [1.29, 1.82) is 0 Å². The third-order valence-corrected chi connectivity index (χ3v) is 5.75. The van der Waals surface area contributed by atoms with E-state index in [9.17, 15) is 9.59 Å². The second-order valence-corrected chi connectivity index (χ2v) is 7.96. The van der Waals surface area contributed by atoms with Crippen molar-refractivity contribution >= 4 is 22.5 Å². The number of carbonyl (C=O) groups excluding carboxylic acids is 1. The first-order chi connectivity index (χ1) is 16.2. The first kappa shape index (κ1) is 20.9. The van der Waals surface area contributed by atoms with Gasteiger partial charge in [-0.15, -0.1) is 9.89 Å². The number of anilines is 1. The van der Waals surface area contributed by atoms with Crippen LogP contribution in [0.3, 0.4) is 0 Å². The van der Waals surface area contributed by atoms with Crippen LogP contribution in [0.5, 0.6) is 0 Å². The number of fused-ring (bicyclic) bond motifs is 1. The van der Waals surface area contributed by atoms with E-state index in [-0.39, 0.29) is 17.9 Å². The van der Waals surface area contributed by atoms with Crippen molar-refractivity contribution in [2.24, 2.45) is 0 Å². The molecule has 0 atom stereocenters. The van der Waals surface area contributed by atoms with Crippen LogP contribution in [0.1, 0.15) is 5.56 Å². The van der Waals surface area contributed by atoms with Gasteiger partial charge in [0.2, 0.25) is 5.91 Å². The van der Waals surface area contributed by atoms with Crippen molar-refractivity contribution < 1.29 is 9.53 Å². The highest BCUT2D eigenvalue weighted by molar-refractivity contribution is 5.92. The number of nitrogens with zero attached hydrogens (tertiary/aromatic N) is 3. The predicted octanol–water partition coefficient (Wildman–Crippen LogP) is 3.21. The van der Waals surface area contributed by atoms with Crippen LogP contribution in [0.2, 0.25) is 0 Å². The molecule has 1 aliphatic rings. The minimum absolute atomic E-state index is 0.142. The predicted molar refractivity (Wildman–Crippen MR) is 129 cm³/mol. The Balaban J connectivity index is 1.38. The zero-order valence-corrected chi connectivity index (χ0v) is 18.1. The highest BCUT2D eigenvalue weighted by Gasteiger charge is 2.19. The van der Waals surface area contributed by atoms with E-state index in [0.717, 1.165) is 26.9 Å². The highest BCUT2D eigenvalue weighted by atomic mass is 16.5. The van der Waals surface area contributed by atoms with E-state index >= 15 is 0 Å². The number of aromatic nitrogens is 2. The van der Waals surface area contributed by atoms with E-state index in [1.807, 2.05) is 72.8 Å². The van der Waals surface area contributed by atoms with Gasteiger partial charge in [-0.1, -0.05) is 72.8 Å². The summed E-state index contributed by atoms with van der Waals surface area (Å²) >= 11 is 0. The number of nitrogens with one attached hydrogen (secondary N) is 1. The van der Waals surface area contributed by atoms with E-state index in [1.54, 1.807) is 6.07 Å². The van der Waals surface area contributed by atoms with Gasteiger partial charge in [0.15, 0.2) is 5.82 Å². The molecule has 7 nitrogen and oxygen atoms in total. The Labute approximate surface area is 191 Å². The van der Waals surface area contributed by atoms with Crippen LogP contribution in [-0.2, 0) is 16.0 Å². The van der Waals surface area contributed by atoms with Crippen molar-refractivity contribution in [3.05, 3.63) is 94.8 Å². The van der Waals surface area contributed by atoms with Gasteiger partial charge < -0.3 is 9.64 Å². The van der Waals surface area contributed by atoms with Gasteiger partial charge in [0.25, 0.3) is 5.56 Å². The molecular formula is C26H24N4O3. The molecule has 2 heterocycles. The molecule has 0 aliphatic carbocycles. The number of ether oxygens (including phenoxy) is 1. The van der Waals surface area contributed by atoms with E-state index in [2.05, 4.69) is 15.4 Å². The summed E-state index contributed by atoms with van der Waals surface area (Å²) in [5.74, 6) is 0.362. The van der Waals surface area contributed by atoms with Crippen LogP contribution >= 0.6 is 0 Å². The Morgan fingerprint density at radius 2 is 1.48 bits per heavy atom. The third kappa shape index (κ3) is 4.49. The molecule has 1 saturated heterocycles. The Kier molecular flexibility index (Phi) is 5.87. The van der Waals surface area contributed by atoms with Crippen LogP contribution in [-0.4, -0.2) is 42.1 Å². The lowest BCUT2D eigenvalue weighted by molar-refractivity contribution is -0.116. The highest BCUT2D eigenvalue weighted by Crippen LogP contribution is 2.23. The second kappa shape index (κ2) is 9.26. The molecule has 5 rings (SSSR count). The first-order valence-electron chi connectivity index (χ1n) is 11.0. The quantitative estimate of drug-likeness (QED) is 0.516. The number of amides is 1. The number of hydrogen-bond acceptors (Lipinski definition) is 5. The van der Waals surface area contributed by atoms with Crippen molar-refractivity contribution in [3.8, 4) is 11.1 Å².